The van der Waals surface area contributed by atoms with Crippen molar-refractivity contribution < 1.29 is 37.9 Å². The average Bonchev–Trinajstić information content (AvgIpc) is 3.03. The maximum atomic E-state index is 6.06. The van der Waals surface area contributed by atoms with Gasteiger partial charge in [0.1, 0.15) is 0 Å². The second-order valence-corrected chi connectivity index (χ2v) is 9.33. The molecule has 1 rings (SSSR count). The van der Waals surface area contributed by atoms with Crippen molar-refractivity contribution in [2.45, 2.75) is 116 Å². The number of quaternary nitrogens is 1. The molecule has 0 radical (unpaired) electrons. The maximum Gasteiger partial charge on any atom is 0.158 e. The van der Waals surface area contributed by atoms with Gasteiger partial charge in [0, 0.05) is 12.8 Å². The molecule has 0 aliphatic carbocycles. The van der Waals surface area contributed by atoms with Crippen LogP contribution >= 0.6 is 0 Å². The van der Waals surface area contributed by atoms with Crippen molar-refractivity contribution in [2.24, 2.45) is 0 Å². The first-order valence-electron chi connectivity index (χ1n) is 11.6. The number of halogens is 1. The smallest absolute Gasteiger partial charge is 0.158 e. The van der Waals surface area contributed by atoms with Crippen molar-refractivity contribution in [3.8, 4) is 0 Å². The van der Waals surface area contributed by atoms with Gasteiger partial charge in [0.05, 0.1) is 40.4 Å². The van der Waals surface area contributed by atoms with Gasteiger partial charge in [-0.3, -0.25) is 0 Å². The van der Waals surface area contributed by atoms with Crippen LogP contribution in [0.3, 0.4) is 0 Å². The molecule has 2 atom stereocenters. The molecule has 27 heavy (non-hydrogen) atoms. The molecule has 2 unspecified atom stereocenters. The Morgan fingerprint density at radius 3 is 1.89 bits per heavy atom. The van der Waals surface area contributed by atoms with Crippen LogP contribution in [-0.4, -0.2) is 51.2 Å². The zero-order chi connectivity index (χ0) is 19.1. The van der Waals surface area contributed by atoms with Crippen molar-refractivity contribution in [3.05, 3.63) is 0 Å². The summed E-state index contributed by atoms with van der Waals surface area (Å²) in [4.78, 5) is 0. The van der Waals surface area contributed by atoms with Gasteiger partial charge in [-0.1, -0.05) is 77.6 Å². The van der Waals surface area contributed by atoms with Crippen molar-refractivity contribution in [1.29, 1.82) is 0 Å². The lowest BCUT2D eigenvalue weighted by molar-refractivity contribution is -0.870. The van der Waals surface area contributed by atoms with E-state index in [1.54, 1.807) is 0 Å². The predicted octanol–water partition coefficient (Wildman–Crippen LogP) is 3.31. The standard InChI is InChI=1S/C23H48NO2.HI/c1-5-6-7-8-9-10-11-12-13-14-15-17-22-18-19-23(26-22)25-21-16-20-24(2,3)4;/h22-23H,5-21H2,1-4H3;1H/q+1;/p-1. The predicted molar refractivity (Wildman–Crippen MR) is 112 cm³/mol. The van der Waals surface area contributed by atoms with Gasteiger partial charge in [-0.2, -0.15) is 0 Å². The molecule has 0 N–H and O–H groups in total. The number of rotatable bonds is 17. The average molecular weight is 498 g/mol. The normalized spacial score (nSPS) is 20.0. The molecule has 0 amide bonds. The monoisotopic (exact) mass is 497 g/mol. The van der Waals surface area contributed by atoms with E-state index in [1.807, 2.05) is 0 Å². The number of hydrogen-bond acceptors (Lipinski definition) is 2. The first-order valence-corrected chi connectivity index (χ1v) is 11.6. The molecule has 0 spiro atoms. The Kier molecular flexibility index (Phi) is 17.9. The topological polar surface area (TPSA) is 18.5 Å². The van der Waals surface area contributed by atoms with Crippen LogP contribution in [0.5, 0.6) is 0 Å². The third-order valence-electron chi connectivity index (χ3n) is 5.48. The first kappa shape index (κ1) is 27.6. The Hall–Kier alpha value is 0.610. The molecule has 3 nitrogen and oxygen atoms in total. The van der Waals surface area contributed by atoms with E-state index in [-0.39, 0.29) is 30.3 Å². The van der Waals surface area contributed by atoms with E-state index in [4.69, 9.17) is 9.47 Å². The highest BCUT2D eigenvalue weighted by atomic mass is 127. The summed E-state index contributed by atoms with van der Waals surface area (Å²) in [5.74, 6) is 0. The second kappa shape index (κ2) is 17.5. The highest BCUT2D eigenvalue weighted by molar-refractivity contribution is 4.68. The number of ether oxygens (including phenoxy) is 2. The molecule has 1 heterocycles. The van der Waals surface area contributed by atoms with Crippen molar-refractivity contribution in [3.63, 3.8) is 0 Å². The highest BCUT2D eigenvalue weighted by Crippen LogP contribution is 2.25. The van der Waals surface area contributed by atoms with E-state index in [0.717, 1.165) is 30.5 Å². The van der Waals surface area contributed by atoms with Crippen molar-refractivity contribution >= 4 is 0 Å². The Morgan fingerprint density at radius 2 is 1.33 bits per heavy atom. The minimum atomic E-state index is 0. The Bertz CT molecular complexity index is 320. The second-order valence-electron chi connectivity index (χ2n) is 9.33. The molecular weight excluding hydrogens is 449 g/mol. The minimum absolute atomic E-state index is 0. The number of nitrogens with zero attached hydrogens (tertiary/aromatic N) is 1. The highest BCUT2D eigenvalue weighted by Gasteiger charge is 2.25. The zero-order valence-corrected chi connectivity index (χ0v) is 21.0. The third kappa shape index (κ3) is 17.2. The Labute approximate surface area is 187 Å². The van der Waals surface area contributed by atoms with Crippen LogP contribution in [0, 0.1) is 0 Å². The van der Waals surface area contributed by atoms with Crippen molar-refractivity contribution in [2.75, 3.05) is 34.3 Å². The SMILES string of the molecule is CCCCCCCCCCCCCC1CCC(OCCC[N+](C)(C)C)O1.[I-]. The van der Waals surface area contributed by atoms with Crippen LogP contribution < -0.4 is 24.0 Å². The maximum absolute atomic E-state index is 6.06. The lowest BCUT2D eigenvalue weighted by Gasteiger charge is -2.24. The van der Waals surface area contributed by atoms with Gasteiger partial charge in [0.25, 0.3) is 0 Å². The van der Waals surface area contributed by atoms with Crippen LogP contribution in [0.15, 0.2) is 0 Å². The summed E-state index contributed by atoms with van der Waals surface area (Å²) >= 11 is 0. The van der Waals surface area contributed by atoms with E-state index in [9.17, 15) is 0 Å². The first-order chi connectivity index (χ1) is 12.5. The van der Waals surface area contributed by atoms with Crippen LogP contribution in [0.2, 0.25) is 0 Å². The molecule has 1 aliphatic heterocycles. The van der Waals surface area contributed by atoms with Crippen LogP contribution in [-0.2, 0) is 9.47 Å². The van der Waals surface area contributed by atoms with Gasteiger partial charge in [-0.15, -0.1) is 0 Å². The summed E-state index contributed by atoms with van der Waals surface area (Å²) in [7, 11) is 6.70. The van der Waals surface area contributed by atoms with Crippen LogP contribution in [0.25, 0.3) is 0 Å². The molecule has 1 saturated heterocycles. The molecule has 0 aromatic heterocycles. The molecular formula is C23H48INO2. The molecule has 4 heteroatoms. The third-order valence-corrected chi connectivity index (χ3v) is 5.48. The quantitative estimate of drug-likeness (QED) is 0.175. The van der Waals surface area contributed by atoms with E-state index in [2.05, 4.69) is 28.1 Å². The summed E-state index contributed by atoms with van der Waals surface area (Å²) in [6.07, 6.45) is 20.7. The molecule has 164 valence electrons. The van der Waals surface area contributed by atoms with E-state index < -0.39 is 0 Å². The number of unbranched alkanes of at least 4 members (excludes halogenated alkanes) is 10. The molecule has 0 aromatic carbocycles. The van der Waals surface area contributed by atoms with Gasteiger partial charge in [0.15, 0.2) is 6.29 Å². The van der Waals surface area contributed by atoms with Gasteiger partial charge in [-0.25, -0.2) is 0 Å². The molecule has 0 bridgehead atoms. The van der Waals surface area contributed by atoms with E-state index >= 15 is 0 Å². The molecule has 1 fully saturated rings. The fourth-order valence-corrected chi connectivity index (χ4v) is 3.80. The zero-order valence-electron chi connectivity index (χ0n) is 18.8. The lowest BCUT2D eigenvalue weighted by Crippen LogP contribution is -3.00. The van der Waals surface area contributed by atoms with Crippen LogP contribution in [0.1, 0.15) is 103 Å². The van der Waals surface area contributed by atoms with Gasteiger partial charge < -0.3 is 37.9 Å². The summed E-state index contributed by atoms with van der Waals surface area (Å²) in [6.45, 7) is 4.29. The van der Waals surface area contributed by atoms with E-state index in [1.165, 1.54) is 83.5 Å². The molecule has 1 aliphatic rings. The van der Waals surface area contributed by atoms with Crippen molar-refractivity contribution in [1.82, 2.24) is 0 Å². The summed E-state index contributed by atoms with van der Waals surface area (Å²) in [5.41, 5.74) is 0. The number of hydrogen-bond donors (Lipinski definition) is 0. The summed E-state index contributed by atoms with van der Waals surface area (Å²) in [5, 5.41) is 0. The summed E-state index contributed by atoms with van der Waals surface area (Å²) < 4.78 is 13.0. The summed E-state index contributed by atoms with van der Waals surface area (Å²) in [6, 6.07) is 0. The molecule has 0 saturated carbocycles. The minimum Gasteiger partial charge on any atom is -1.00 e. The van der Waals surface area contributed by atoms with Crippen LogP contribution in [0.4, 0.5) is 0 Å². The molecule has 0 aromatic rings. The largest absolute Gasteiger partial charge is 1.00 e. The lowest BCUT2D eigenvalue weighted by atomic mass is 10.0. The van der Waals surface area contributed by atoms with Gasteiger partial charge in [0.2, 0.25) is 0 Å². The fourth-order valence-electron chi connectivity index (χ4n) is 3.80. The van der Waals surface area contributed by atoms with E-state index in [0.29, 0.717) is 6.10 Å². The fraction of sp³-hybridized carbons (Fsp3) is 1.00. The van der Waals surface area contributed by atoms with Gasteiger partial charge >= 0.3 is 0 Å². The Morgan fingerprint density at radius 1 is 0.778 bits per heavy atom. The Balaban J connectivity index is 0.00000676. The van der Waals surface area contributed by atoms with Gasteiger partial charge in [-0.05, 0) is 12.8 Å².